The Morgan fingerprint density at radius 1 is 1.25 bits per heavy atom. The molecule has 0 saturated carbocycles. The van der Waals surface area contributed by atoms with E-state index in [9.17, 15) is 18.0 Å². The van der Waals surface area contributed by atoms with E-state index in [0.717, 1.165) is 12.8 Å². The Kier molecular flexibility index (Phi) is 5.26. The first-order valence-electron chi connectivity index (χ1n) is 7.11. The van der Waals surface area contributed by atoms with Crippen molar-refractivity contribution in [2.24, 2.45) is 5.92 Å². The molecule has 0 radical (unpaired) electrons. The summed E-state index contributed by atoms with van der Waals surface area (Å²) in [6.45, 7) is 0.967. The highest BCUT2D eigenvalue weighted by molar-refractivity contribution is 5.79. The number of amides is 1. The molecule has 0 aromatic heterocycles. The molecule has 116 valence electrons. The van der Waals surface area contributed by atoms with E-state index >= 15 is 0 Å². The molecule has 0 spiro atoms. The second-order valence-electron chi connectivity index (χ2n) is 5.58. The number of piperidine rings is 1. The lowest BCUT2D eigenvalue weighted by Gasteiger charge is -2.33. The molecule has 20 heavy (non-hydrogen) atoms. The largest absolute Gasteiger partial charge is 0.401 e. The number of ether oxygens (including phenoxy) is 1. The van der Waals surface area contributed by atoms with E-state index in [2.05, 4.69) is 5.32 Å². The molecule has 0 aromatic carbocycles. The van der Waals surface area contributed by atoms with Gasteiger partial charge in [-0.1, -0.05) is 0 Å². The first kappa shape index (κ1) is 15.6. The fourth-order valence-corrected chi connectivity index (χ4v) is 2.83. The van der Waals surface area contributed by atoms with E-state index in [1.165, 1.54) is 4.90 Å². The van der Waals surface area contributed by atoms with Crippen molar-refractivity contribution >= 4 is 5.91 Å². The molecule has 2 saturated heterocycles. The average molecular weight is 294 g/mol. The number of hydrogen-bond donors (Lipinski definition) is 1. The summed E-state index contributed by atoms with van der Waals surface area (Å²) < 4.78 is 42.4. The summed E-state index contributed by atoms with van der Waals surface area (Å²) in [6.07, 6.45) is -1.32. The number of carbonyl (C=O) groups is 1. The first-order valence-corrected chi connectivity index (χ1v) is 7.11. The lowest BCUT2D eigenvalue weighted by molar-refractivity contribution is -0.152. The van der Waals surface area contributed by atoms with Gasteiger partial charge in [0, 0.05) is 25.8 Å². The fourth-order valence-electron chi connectivity index (χ4n) is 2.83. The van der Waals surface area contributed by atoms with Crippen molar-refractivity contribution in [3.05, 3.63) is 0 Å². The summed E-state index contributed by atoms with van der Waals surface area (Å²) in [6, 6.07) is 0.106. The molecule has 2 rings (SSSR count). The molecule has 2 fully saturated rings. The highest BCUT2D eigenvalue weighted by Crippen LogP contribution is 2.22. The molecule has 0 bridgehead atoms. The predicted molar refractivity (Wildman–Crippen MR) is 67.2 cm³/mol. The van der Waals surface area contributed by atoms with Gasteiger partial charge in [-0.25, -0.2) is 0 Å². The molecule has 0 aliphatic carbocycles. The average Bonchev–Trinajstić information content (AvgIpc) is 2.38. The third-order valence-corrected chi connectivity index (χ3v) is 3.85. The number of hydrogen-bond acceptors (Lipinski definition) is 3. The van der Waals surface area contributed by atoms with E-state index in [1.807, 2.05) is 0 Å². The standard InChI is InChI=1S/C13H21F3N2O2/c14-13(15,16)9-18-5-1-2-10(8-18)12(19)17-11-3-6-20-7-4-11/h10-11H,1-9H2,(H,17,19). The van der Waals surface area contributed by atoms with Crippen LogP contribution >= 0.6 is 0 Å². The van der Waals surface area contributed by atoms with E-state index in [1.54, 1.807) is 0 Å². The van der Waals surface area contributed by atoms with Crippen LogP contribution in [-0.4, -0.2) is 55.9 Å². The van der Waals surface area contributed by atoms with Gasteiger partial charge in [-0.2, -0.15) is 13.2 Å². The first-order chi connectivity index (χ1) is 9.44. The van der Waals surface area contributed by atoms with Crippen LogP contribution < -0.4 is 5.32 Å². The zero-order chi connectivity index (χ0) is 14.6. The monoisotopic (exact) mass is 294 g/mol. The summed E-state index contributed by atoms with van der Waals surface area (Å²) in [5, 5.41) is 2.95. The van der Waals surface area contributed by atoms with Crippen LogP contribution in [-0.2, 0) is 9.53 Å². The van der Waals surface area contributed by atoms with E-state index in [0.29, 0.717) is 32.6 Å². The number of nitrogens with one attached hydrogen (secondary N) is 1. The topological polar surface area (TPSA) is 41.6 Å². The van der Waals surface area contributed by atoms with Crippen LogP contribution in [0.15, 0.2) is 0 Å². The van der Waals surface area contributed by atoms with E-state index in [-0.39, 0.29) is 24.4 Å². The highest BCUT2D eigenvalue weighted by Gasteiger charge is 2.35. The molecular weight excluding hydrogens is 273 g/mol. The van der Waals surface area contributed by atoms with Crippen LogP contribution in [0.4, 0.5) is 13.2 Å². The Bertz CT molecular complexity index is 330. The minimum Gasteiger partial charge on any atom is -0.381 e. The molecule has 1 N–H and O–H groups in total. The van der Waals surface area contributed by atoms with Gasteiger partial charge in [0.1, 0.15) is 0 Å². The van der Waals surface area contributed by atoms with Crippen molar-refractivity contribution in [1.82, 2.24) is 10.2 Å². The van der Waals surface area contributed by atoms with Gasteiger partial charge in [0.25, 0.3) is 0 Å². The SMILES string of the molecule is O=C(NC1CCOCC1)C1CCCN(CC(F)(F)F)C1. The van der Waals surface area contributed by atoms with Crippen molar-refractivity contribution in [3.8, 4) is 0 Å². The maximum atomic E-state index is 12.4. The Morgan fingerprint density at radius 3 is 2.60 bits per heavy atom. The molecule has 1 unspecified atom stereocenters. The van der Waals surface area contributed by atoms with Crippen LogP contribution in [0.5, 0.6) is 0 Å². The number of nitrogens with zero attached hydrogens (tertiary/aromatic N) is 1. The van der Waals surface area contributed by atoms with Crippen LogP contribution in [0.1, 0.15) is 25.7 Å². The van der Waals surface area contributed by atoms with Crippen LogP contribution in [0.25, 0.3) is 0 Å². The Morgan fingerprint density at radius 2 is 1.95 bits per heavy atom. The molecule has 1 amide bonds. The number of carbonyl (C=O) groups excluding carboxylic acids is 1. The molecule has 4 nitrogen and oxygen atoms in total. The van der Waals surface area contributed by atoms with Crippen LogP contribution in [0.3, 0.4) is 0 Å². The molecule has 0 aromatic rings. The van der Waals surface area contributed by atoms with Crippen molar-refractivity contribution in [2.45, 2.75) is 37.9 Å². The number of likely N-dealkylation sites (tertiary alicyclic amines) is 1. The van der Waals surface area contributed by atoms with Crippen molar-refractivity contribution in [1.29, 1.82) is 0 Å². The van der Waals surface area contributed by atoms with Gasteiger partial charge in [0.15, 0.2) is 0 Å². The Hall–Kier alpha value is -0.820. The molecular formula is C13H21F3N2O2. The van der Waals surface area contributed by atoms with Crippen LogP contribution in [0, 0.1) is 5.92 Å². The zero-order valence-corrected chi connectivity index (χ0v) is 11.4. The van der Waals surface area contributed by atoms with E-state index < -0.39 is 12.7 Å². The number of alkyl halides is 3. The Labute approximate surface area is 116 Å². The third-order valence-electron chi connectivity index (χ3n) is 3.85. The second kappa shape index (κ2) is 6.76. The van der Waals surface area contributed by atoms with Gasteiger partial charge in [0.2, 0.25) is 5.91 Å². The maximum Gasteiger partial charge on any atom is 0.401 e. The van der Waals surface area contributed by atoms with Gasteiger partial charge < -0.3 is 10.1 Å². The smallest absolute Gasteiger partial charge is 0.381 e. The summed E-state index contributed by atoms with van der Waals surface area (Å²) in [4.78, 5) is 13.4. The number of rotatable bonds is 3. The van der Waals surface area contributed by atoms with Gasteiger partial charge in [0.05, 0.1) is 12.5 Å². The molecule has 2 aliphatic heterocycles. The van der Waals surface area contributed by atoms with Gasteiger partial charge in [-0.05, 0) is 32.2 Å². The minimum absolute atomic E-state index is 0.106. The fraction of sp³-hybridized carbons (Fsp3) is 0.923. The quantitative estimate of drug-likeness (QED) is 0.859. The lowest BCUT2D eigenvalue weighted by atomic mass is 9.96. The van der Waals surface area contributed by atoms with E-state index in [4.69, 9.17) is 4.74 Å². The third kappa shape index (κ3) is 4.94. The molecule has 2 aliphatic rings. The normalized spacial score (nSPS) is 26.4. The van der Waals surface area contributed by atoms with Crippen molar-refractivity contribution in [3.63, 3.8) is 0 Å². The number of halogens is 3. The van der Waals surface area contributed by atoms with Crippen LogP contribution in [0.2, 0.25) is 0 Å². The summed E-state index contributed by atoms with van der Waals surface area (Å²) in [5.74, 6) is -0.433. The van der Waals surface area contributed by atoms with Crippen molar-refractivity contribution < 1.29 is 22.7 Å². The maximum absolute atomic E-state index is 12.4. The van der Waals surface area contributed by atoms with Gasteiger partial charge in [-0.15, -0.1) is 0 Å². The Balaban J connectivity index is 1.80. The summed E-state index contributed by atoms with van der Waals surface area (Å²) >= 11 is 0. The molecule has 2 heterocycles. The van der Waals surface area contributed by atoms with Crippen molar-refractivity contribution in [2.75, 3.05) is 32.8 Å². The summed E-state index contributed by atoms with van der Waals surface area (Å²) in [5.41, 5.74) is 0. The molecule has 1 atom stereocenters. The van der Waals surface area contributed by atoms with Gasteiger partial charge >= 0.3 is 6.18 Å². The second-order valence-corrected chi connectivity index (χ2v) is 5.58. The summed E-state index contributed by atoms with van der Waals surface area (Å²) in [7, 11) is 0. The highest BCUT2D eigenvalue weighted by atomic mass is 19.4. The lowest BCUT2D eigenvalue weighted by Crippen LogP contribution is -2.48. The minimum atomic E-state index is -4.20. The molecule has 7 heteroatoms. The zero-order valence-electron chi connectivity index (χ0n) is 11.4. The van der Waals surface area contributed by atoms with Gasteiger partial charge in [-0.3, -0.25) is 9.69 Å². The predicted octanol–water partition coefficient (Wildman–Crippen LogP) is 1.56.